The van der Waals surface area contributed by atoms with Crippen molar-refractivity contribution in [2.45, 2.75) is 31.5 Å². The van der Waals surface area contributed by atoms with Crippen molar-refractivity contribution in [2.75, 3.05) is 23.9 Å². The van der Waals surface area contributed by atoms with Crippen molar-refractivity contribution < 1.29 is 14.9 Å². The summed E-state index contributed by atoms with van der Waals surface area (Å²) in [5, 5.41) is 34.5. The number of nitrogens with zero attached hydrogens (tertiary/aromatic N) is 3. The van der Waals surface area contributed by atoms with Crippen LogP contribution in [0, 0.1) is 24.2 Å². The number of hydrogen-bond donors (Lipinski definition) is 4. The number of anilines is 1. The standard InChI is InChI=1S/C18H23N5O3S/c1-10-6-12(26-2)7-14(21-10)23-18(25)13(8-19)22-17(20)15(16(18)24)11-4-3-5-27-9-11/h6-7,11,13,24-25H,3-5,9H2,1-2H3,(H2,20,22)(H,21,23). The van der Waals surface area contributed by atoms with Gasteiger partial charge in [0, 0.05) is 35.1 Å². The molecule has 144 valence electrons. The van der Waals surface area contributed by atoms with Gasteiger partial charge in [-0.2, -0.15) is 17.0 Å². The highest BCUT2D eigenvalue weighted by molar-refractivity contribution is 7.99. The molecule has 1 aromatic rings. The van der Waals surface area contributed by atoms with Crippen molar-refractivity contribution in [3.05, 3.63) is 29.2 Å². The molecule has 9 heteroatoms. The molecule has 1 fully saturated rings. The second-order valence-corrected chi connectivity index (χ2v) is 7.80. The first-order chi connectivity index (χ1) is 12.9. The molecule has 5 N–H and O–H groups in total. The molecule has 2 aliphatic rings. The Bertz CT molecular complexity index is 829. The third-order valence-corrected chi connectivity index (χ3v) is 5.94. The van der Waals surface area contributed by atoms with E-state index in [0.29, 0.717) is 17.0 Å². The second kappa shape index (κ2) is 7.66. The highest BCUT2D eigenvalue weighted by Gasteiger charge is 2.48. The zero-order valence-corrected chi connectivity index (χ0v) is 16.1. The molecule has 0 spiro atoms. The van der Waals surface area contributed by atoms with E-state index in [1.807, 2.05) is 6.07 Å². The predicted octanol–water partition coefficient (Wildman–Crippen LogP) is 1.72. The Morgan fingerprint density at radius 2 is 2.26 bits per heavy atom. The molecular weight excluding hydrogens is 366 g/mol. The number of aliphatic hydroxyl groups is 2. The maximum atomic E-state index is 11.2. The molecule has 1 saturated heterocycles. The van der Waals surface area contributed by atoms with Gasteiger partial charge in [0.05, 0.1) is 13.2 Å². The summed E-state index contributed by atoms with van der Waals surface area (Å²) in [6.45, 7) is 1.77. The lowest BCUT2D eigenvalue weighted by Crippen LogP contribution is -2.54. The smallest absolute Gasteiger partial charge is 0.232 e. The van der Waals surface area contributed by atoms with E-state index >= 15 is 0 Å². The van der Waals surface area contributed by atoms with Crippen molar-refractivity contribution >= 4 is 23.4 Å². The van der Waals surface area contributed by atoms with Gasteiger partial charge in [-0.25, -0.2) is 9.98 Å². The largest absolute Gasteiger partial charge is 0.507 e. The van der Waals surface area contributed by atoms with Crippen LogP contribution in [-0.2, 0) is 0 Å². The summed E-state index contributed by atoms with van der Waals surface area (Å²) in [4.78, 5) is 8.46. The van der Waals surface area contributed by atoms with Gasteiger partial charge in [0.15, 0.2) is 11.8 Å². The Balaban J connectivity index is 2.03. The van der Waals surface area contributed by atoms with Crippen LogP contribution in [0.2, 0.25) is 0 Å². The maximum Gasteiger partial charge on any atom is 0.232 e. The Morgan fingerprint density at radius 3 is 2.89 bits per heavy atom. The number of aryl methyl sites for hydroxylation is 1. The monoisotopic (exact) mass is 389 g/mol. The minimum absolute atomic E-state index is 0.0273. The van der Waals surface area contributed by atoms with Crippen LogP contribution in [0.15, 0.2) is 28.5 Å². The Labute approximate surface area is 162 Å². The van der Waals surface area contributed by atoms with Gasteiger partial charge in [-0.15, -0.1) is 0 Å². The third-order valence-electron chi connectivity index (χ3n) is 4.73. The number of methoxy groups -OCH3 is 1. The minimum Gasteiger partial charge on any atom is -0.507 e. The zero-order chi connectivity index (χ0) is 19.6. The van der Waals surface area contributed by atoms with Crippen LogP contribution in [0.3, 0.4) is 0 Å². The summed E-state index contributed by atoms with van der Waals surface area (Å²) in [6, 6.07) is 3.89. The molecule has 2 aliphatic heterocycles. The highest BCUT2D eigenvalue weighted by atomic mass is 32.2. The summed E-state index contributed by atoms with van der Waals surface area (Å²) in [5.41, 5.74) is 4.98. The fourth-order valence-corrected chi connectivity index (χ4v) is 4.55. The number of hydrogen-bond acceptors (Lipinski definition) is 9. The second-order valence-electron chi connectivity index (χ2n) is 6.65. The maximum absolute atomic E-state index is 11.2. The topological polar surface area (TPSA) is 137 Å². The average Bonchev–Trinajstić information content (AvgIpc) is 2.65. The number of aromatic nitrogens is 1. The van der Waals surface area contributed by atoms with E-state index < -0.39 is 11.8 Å². The summed E-state index contributed by atoms with van der Waals surface area (Å²) in [6.07, 6.45) is 1.83. The minimum atomic E-state index is -2.12. The van der Waals surface area contributed by atoms with E-state index in [4.69, 9.17) is 10.5 Å². The number of nitrogens with one attached hydrogen (secondary N) is 1. The number of nitriles is 1. The summed E-state index contributed by atoms with van der Waals surface area (Å²) < 4.78 is 5.22. The molecule has 0 bridgehead atoms. The fraction of sp³-hybridized carbons (Fsp3) is 0.500. The van der Waals surface area contributed by atoms with Crippen LogP contribution in [-0.4, -0.2) is 51.4 Å². The molecule has 0 aliphatic carbocycles. The molecular formula is C18H23N5O3S. The lowest BCUT2D eigenvalue weighted by molar-refractivity contribution is 0.0475. The number of ether oxygens (including phenoxy) is 1. The van der Waals surface area contributed by atoms with Crippen LogP contribution in [0.1, 0.15) is 18.5 Å². The molecule has 0 radical (unpaired) electrons. The lowest BCUT2D eigenvalue weighted by atomic mass is 9.86. The highest BCUT2D eigenvalue weighted by Crippen LogP contribution is 2.37. The van der Waals surface area contributed by atoms with Gasteiger partial charge in [0.1, 0.15) is 17.4 Å². The first kappa shape index (κ1) is 19.3. The van der Waals surface area contributed by atoms with E-state index in [-0.39, 0.29) is 23.3 Å². The molecule has 27 heavy (non-hydrogen) atoms. The zero-order valence-electron chi connectivity index (χ0n) is 15.3. The molecule has 3 unspecified atom stereocenters. The van der Waals surface area contributed by atoms with E-state index in [2.05, 4.69) is 15.3 Å². The van der Waals surface area contributed by atoms with Crippen LogP contribution in [0.25, 0.3) is 0 Å². The van der Waals surface area contributed by atoms with Gasteiger partial charge >= 0.3 is 0 Å². The van der Waals surface area contributed by atoms with Crippen molar-refractivity contribution in [1.29, 1.82) is 5.26 Å². The Hall–Kier alpha value is -2.44. The predicted molar refractivity (Wildman–Crippen MR) is 105 cm³/mol. The summed E-state index contributed by atoms with van der Waals surface area (Å²) in [7, 11) is 1.52. The molecule has 0 amide bonds. The number of rotatable bonds is 4. The number of pyridine rings is 1. The van der Waals surface area contributed by atoms with Crippen molar-refractivity contribution in [3.63, 3.8) is 0 Å². The van der Waals surface area contributed by atoms with E-state index in [1.54, 1.807) is 30.8 Å². The lowest BCUT2D eigenvalue weighted by Gasteiger charge is -2.37. The Morgan fingerprint density at radius 1 is 1.48 bits per heavy atom. The molecule has 3 heterocycles. The average molecular weight is 389 g/mol. The number of dihydropyridines is 1. The number of aliphatic imine (C=N–C) groups is 1. The molecule has 0 aromatic carbocycles. The van der Waals surface area contributed by atoms with Crippen LogP contribution < -0.4 is 15.8 Å². The molecule has 0 saturated carbocycles. The fourth-order valence-electron chi connectivity index (χ4n) is 3.39. The molecule has 8 nitrogen and oxygen atoms in total. The van der Waals surface area contributed by atoms with Gasteiger partial charge in [-0.05, 0) is 25.5 Å². The van der Waals surface area contributed by atoms with Crippen molar-refractivity contribution in [2.24, 2.45) is 16.6 Å². The number of amidine groups is 1. The number of thioether (sulfide) groups is 1. The summed E-state index contributed by atoms with van der Waals surface area (Å²) >= 11 is 1.77. The third kappa shape index (κ3) is 3.68. The number of nitrogens with two attached hydrogens (primary N) is 1. The van der Waals surface area contributed by atoms with Crippen LogP contribution in [0.4, 0.5) is 5.82 Å². The van der Waals surface area contributed by atoms with Crippen LogP contribution >= 0.6 is 11.8 Å². The van der Waals surface area contributed by atoms with E-state index in [1.165, 1.54) is 7.11 Å². The van der Waals surface area contributed by atoms with Gasteiger partial charge in [0.2, 0.25) is 5.72 Å². The normalized spacial score (nSPS) is 28.3. The molecule has 1 aromatic heterocycles. The first-order valence-electron chi connectivity index (χ1n) is 8.67. The van der Waals surface area contributed by atoms with E-state index in [0.717, 1.165) is 24.3 Å². The summed E-state index contributed by atoms with van der Waals surface area (Å²) in [5.74, 6) is 2.34. The first-order valence-corrected chi connectivity index (χ1v) is 9.82. The van der Waals surface area contributed by atoms with E-state index in [9.17, 15) is 15.5 Å². The van der Waals surface area contributed by atoms with Crippen molar-refractivity contribution in [1.82, 2.24) is 4.98 Å². The SMILES string of the molecule is COc1cc(C)nc(NC2(O)C(O)=C(C3CCCSC3)C(N)=NC2C#N)c1. The van der Waals surface area contributed by atoms with Crippen molar-refractivity contribution in [3.8, 4) is 11.8 Å². The van der Waals surface area contributed by atoms with Gasteiger partial charge in [-0.1, -0.05) is 0 Å². The Kier molecular flexibility index (Phi) is 5.48. The van der Waals surface area contributed by atoms with Gasteiger partial charge in [0.25, 0.3) is 0 Å². The number of aliphatic hydroxyl groups excluding tert-OH is 1. The molecule has 3 rings (SSSR count). The van der Waals surface area contributed by atoms with Gasteiger partial charge < -0.3 is 26.0 Å². The van der Waals surface area contributed by atoms with Crippen LogP contribution in [0.5, 0.6) is 5.75 Å². The molecule has 3 atom stereocenters. The van der Waals surface area contributed by atoms with Gasteiger partial charge in [-0.3, -0.25) is 0 Å². The quantitative estimate of drug-likeness (QED) is 0.571.